The molecular weight excluding hydrogens is 804 g/mol. The Hall–Kier alpha value is -6.13. The van der Waals surface area contributed by atoms with Gasteiger partial charge in [0, 0.05) is 100 Å². The number of nitrogens with one attached hydrogen (secondary N) is 1. The maximum Gasteiger partial charge on any atom is 0.328 e. The van der Waals surface area contributed by atoms with E-state index in [9.17, 15) is 19.5 Å². The largest absolute Gasteiger partial charge is 0.507 e. The van der Waals surface area contributed by atoms with Gasteiger partial charge in [-0.2, -0.15) is 0 Å². The number of aromatic hydroxyl groups is 1. The van der Waals surface area contributed by atoms with Crippen molar-refractivity contribution < 1.29 is 28.6 Å². The van der Waals surface area contributed by atoms with Gasteiger partial charge in [0.15, 0.2) is 5.82 Å². The molecule has 4 saturated heterocycles. The summed E-state index contributed by atoms with van der Waals surface area (Å²) in [6.45, 7) is 11.9. The Bertz CT molecular complexity index is 2560. The van der Waals surface area contributed by atoms with Gasteiger partial charge >= 0.3 is 6.03 Å². The number of ether oxygens (including phenoxy) is 1. The number of nitrogen functional groups attached to an aromatic ring is 1. The SMILES string of the molecule is Cc1cc([C@@H]2CN(c3cc(-c4ccccc4O)nnc3N)C[C@H](C)O2)cc(C)c1C(=O)N1CCC(F)(CN2CCC(n3cc(C)c4cc(N5CCC(=O)NC5=O)cnc43)CC2)CC1. The normalized spacial score (nSPS) is 21.3. The average molecular weight is 859 g/mol. The maximum atomic E-state index is 16.5. The average Bonchev–Trinajstić information content (AvgIpc) is 3.59. The molecule has 7 heterocycles. The van der Waals surface area contributed by atoms with E-state index in [4.69, 9.17) is 15.5 Å². The van der Waals surface area contributed by atoms with Gasteiger partial charge in [-0.05, 0) is 87.1 Å². The molecule has 63 heavy (non-hydrogen) atoms. The first-order valence-electron chi connectivity index (χ1n) is 22.0. The van der Waals surface area contributed by atoms with Crippen LogP contribution in [0.5, 0.6) is 5.75 Å². The van der Waals surface area contributed by atoms with Crippen LogP contribution in [0.3, 0.4) is 0 Å². The molecule has 0 aliphatic carbocycles. The molecule has 4 amide bonds. The second kappa shape index (κ2) is 16.9. The van der Waals surface area contributed by atoms with Gasteiger partial charge in [0.1, 0.15) is 23.2 Å². The number of aryl methyl sites for hydroxylation is 3. The molecule has 0 unspecified atom stereocenters. The fourth-order valence-electron chi connectivity index (χ4n) is 10.0. The number of anilines is 3. The molecule has 9 rings (SSSR count). The molecule has 4 N–H and O–H groups in total. The lowest BCUT2D eigenvalue weighted by Gasteiger charge is -2.41. The second-order valence-corrected chi connectivity index (χ2v) is 17.9. The molecule has 16 heteroatoms. The number of nitrogens with zero attached hydrogens (tertiary/aromatic N) is 8. The highest BCUT2D eigenvalue weighted by Crippen LogP contribution is 2.38. The number of morpholine rings is 1. The van der Waals surface area contributed by atoms with Crippen LogP contribution < -0.4 is 20.9 Å². The number of halogens is 1. The predicted molar refractivity (Wildman–Crippen MR) is 239 cm³/mol. The number of imide groups is 1. The van der Waals surface area contributed by atoms with E-state index in [0.29, 0.717) is 67.5 Å². The summed E-state index contributed by atoms with van der Waals surface area (Å²) in [5.41, 5.74) is 12.7. The number of amides is 4. The van der Waals surface area contributed by atoms with Gasteiger partial charge in [-0.1, -0.05) is 24.3 Å². The quantitative estimate of drug-likeness (QED) is 0.158. The topological polar surface area (TPSA) is 175 Å². The molecule has 4 fully saturated rings. The molecule has 330 valence electrons. The van der Waals surface area contributed by atoms with Crippen LogP contribution in [0.1, 0.15) is 83.8 Å². The highest BCUT2D eigenvalue weighted by molar-refractivity contribution is 6.06. The zero-order valence-electron chi connectivity index (χ0n) is 36.3. The number of hydrogen-bond acceptors (Lipinski definition) is 11. The predicted octanol–water partition coefficient (Wildman–Crippen LogP) is 6.40. The van der Waals surface area contributed by atoms with E-state index in [0.717, 1.165) is 59.2 Å². The zero-order valence-corrected chi connectivity index (χ0v) is 36.3. The van der Waals surface area contributed by atoms with Crippen molar-refractivity contribution in [2.45, 2.75) is 83.7 Å². The standard InChI is InChI=1S/C47H55FN10O5/c1-28-19-32(40-26-56(25-31(4)63-40)38-22-37(52-53-43(38)49)35-7-5-6-8-39(35)59)20-29(2)42(28)45(61)55-17-12-47(48,13-18-55)27-54-14-9-33(10-15-54)58-24-30(3)36-21-34(23-50-44(36)58)57-16-11-41(60)51-46(57)62/h5-8,19-24,31,33,40,59H,9-18,25-27H2,1-4H3,(H2,49,53)(H,51,60,62)/t31-,40-/m0/s1. The Labute approximate surface area is 366 Å². The molecule has 0 bridgehead atoms. The van der Waals surface area contributed by atoms with Gasteiger partial charge in [0.25, 0.3) is 5.91 Å². The van der Waals surface area contributed by atoms with E-state index < -0.39 is 11.7 Å². The van der Waals surface area contributed by atoms with Gasteiger partial charge in [-0.15, -0.1) is 10.2 Å². The Morgan fingerprint density at radius 1 is 0.968 bits per heavy atom. The first-order valence-corrected chi connectivity index (χ1v) is 22.0. The number of aromatic nitrogens is 4. The van der Waals surface area contributed by atoms with Gasteiger partial charge in [0.2, 0.25) is 5.91 Å². The highest BCUT2D eigenvalue weighted by atomic mass is 19.1. The minimum absolute atomic E-state index is 0.0735. The lowest BCUT2D eigenvalue weighted by atomic mass is 9.90. The molecule has 3 aromatic heterocycles. The molecule has 4 aliphatic rings. The number of carbonyl (C=O) groups excluding carboxylic acids is 3. The summed E-state index contributed by atoms with van der Waals surface area (Å²) < 4.78 is 25.2. The Morgan fingerprint density at radius 3 is 2.41 bits per heavy atom. The molecule has 15 nitrogen and oxygen atoms in total. The molecule has 2 atom stereocenters. The minimum Gasteiger partial charge on any atom is -0.507 e. The summed E-state index contributed by atoms with van der Waals surface area (Å²) >= 11 is 0. The van der Waals surface area contributed by atoms with Crippen LogP contribution in [0.4, 0.5) is 26.4 Å². The number of likely N-dealkylation sites (tertiary alicyclic amines) is 2. The fraction of sp³-hybridized carbons (Fsp3) is 0.447. The number of piperidine rings is 2. The lowest BCUT2D eigenvalue weighted by Crippen LogP contribution is -2.51. The van der Waals surface area contributed by atoms with E-state index in [2.05, 4.69) is 36.1 Å². The number of nitrogens with two attached hydrogens (primary N) is 1. The van der Waals surface area contributed by atoms with Crippen molar-refractivity contribution in [1.82, 2.24) is 34.9 Å². The van der Waals surface area contributed by atoms with Crippen molar-refractivity contribution >= 4 is 46.1 Å². The number of para-hydroxylation sites is 1. The number of pyridine rings is 1. The van der Waals surface area contributed by atoms with Crippen molar-refractivity contribution in [3.05, 3.63) is 88.7 Å². The number of benzene rings is 2. The van der Waals surface area contributed by atoms with Crippen LogP contribution in [0, 0.1) is 20.8 Å². The van der Waals surface area contributed by atoms with E-state index >= 15 is 4.39 Å². The molecule has 4 aliphatic heterocycles. The number of fused-ring (bicyclic) bond motifs is 1. The number of urea groups is 1. The third-order valence-electron chi connectivity index (χ3n) is 13.3. The summed E-state index contributed by atoms with van der Waals surface area (Å²) in [5, 5.41) is 22.3. The number of phenols is 1. The summed E-state index contributed by atoms with van der Waals surface area (Å²) in [4.78, 5) is 50.7. The molecule has 2 aromatic carbocycles. The van der Waals surface area contributed by atoms with Crippen LogP contribution in [-0.2, 0) is 9.53 Å². The second-order valence-electron chi connectivity index (χ2n) is 17.9. The lowest BCUT2D eigenvalue weighted by molar-refractivity contribution is -0.120. The number of carbonyl (C=O) groups is 3. The van der Waals surface area contributed by atoms with Crippen molar-refractivity contribution in [1.29, 1.82) is 0 Å². The molecule has 0 radical (unpaired) electrons. The van der Waals surface area contributed by atoms with Gasteiger partial charge in [-0.25, -0.2) is 14.2 Å². The minimum atomic E-state index is -1.38. The van der Waals surface area contributed by atoms with Crippen molar-refractivity contribution in [2.24, 2.45) is 0 Å². The molecule has 5 aromatic rings. The van der Waals surface area contributed by atoms with Crippen molar-refractivity contribution in [2.75, 3.05) is 67.9 Å². The van der Waals surface area contributed by atoms with Crippen molar-refractivity contribution in [3.63, 3.8) is 0 Å². The smallest absolute Gasteiger partial charge is 0.328 e. The van der Waals surface area contributed by atoms with E-state index in [1.54, 1.807) is 34.2 Å². The highest BCUT2D eigenvalue weighted by Gasteiger charge is 2.39. The molecular formula is C47H55FN10O5. The summed E-state index contributed by atoms with van der Waals surface area (Å²) in [7, 11) is 0. The van der Waals surface area contributed by atoms with Gasteiger partial charge in [-0.3, -0.25) is 19.8 Å². The third-order valence-corrected chi connectivity index (χ3v) is 13.3. The van der Waals surface area contributed by atoms with Gasteiger partial charge < -0.3 is 34.8 Å². The summed E-state index contributed by atoms with van der Waals surface area (Å²) in [6, 6.07) is 14.7. The first-order chi connectivity index (χ1) is 30.2. The summed E-state index contributed by atoms with van der Waals surface area (Å²) in [6.07, 6.45) is 5.92. The molecule has 0 saturated carbocycles. The van der Waals surface area contributed by atoms with Gasteiger partial charge in [0.05, 0.1) is 29.4 Å². The third kappa shape index (κ3) is 8.41. The van der Waals surface area contributed by atoms with Crippen LogP contribution in [0.15, 0.2) is 60.9 Å². The zero-order chi connectivity index (χ0) is 44.2. The van der Waals surface area contributed by atoms with Crippen LogP contribution in [0.25, 0.3) is 22.3 Å². The number of phenolic OH excluding ortho intramolecular Hbond substituents is 1. The maximum absolute atomic E-state index is 16.5. The van der Waals surface area contributed by atoms with E-state index in [1.807, 2.05) is 58.0 Å². The fourth-order valence-corrected chi connectivity index (χ4v) is 10.0. The Morgan fingerprint density at radius 2 is 1.70 bits per heavy atom. The van der Waals surface area contributed by atoms with Crippen LogP contribution >= 0.6 is 0 Å². The number of hydrogen-bond donors (Lipinski definition) is 3. The summed E-state index contributed by atoms with van der Waals surface area (Å²) in [5.74, 6) is 0.0552. The number of rotatable bonds is 8. The Kier molecular flexibility index (Phi) is 11.3. The van der Waals surface area contributed by atoms with E-state index in [1.165, 1.54) is 0 Å². The monoisotopic (exact) mass is 858 g/mol. The molecule has 0 spiro atoms. The van der Waals surface area contributed by atoms with Crippen LogP contribution in [0.2, 0.25) is 0 Å². The van der Waals surface area contributed by atoms with E-state index in [-0.39, 0.29) is 60.9 Å². The first kappa shape index (κ1) is 42.2. The van der Waals surface area contributed by atoms with Crippen LogP contribution in [-0.4, -0.2) is 117 Å². The number of alkyl halides is 1. The van der Waals surface area contributed by atoms with Crippen molar-refractivity contribution in [3.8, 4) is 17.0 Å². The Balaban J connectivity index is 0.804.